The van der Waals surface area contributed by atoms with E-state index in [1.807, 2.05) is 48.5 Å². The first-order valence-electron chi connectivity index (χ1n) is 6.48. The second-order valence-corrected chi connectivity index (χ2v) is 4.48. The molecule has 1 heterocycles. The summed E-state index contributed by atoms with van der Waals surface area (Å²) in [6.45, 7) is 0. The highest BCUT2D eigenvalue weighted by Crippen LogP contribution is 2.21. The quantitative estimate of drug-likeness (QED) is 0.641. The molecule has 21 heavy (non-hydrogen) atoms. The molecule has 0 unspecified atom stereocenters. The molecule has 1 aliphatic rings. The van der Waals surface area contributed by atoms with Crippen molar-refractivity contribution in [2.75, 3.05) is 7.11 Å². The molecule has 2 aromatic rings. The molecule has 0 spiro atoms. The van der Waals surface area contributed by atoms with Crippen LogP contribution in [0.3, 0.4) is 0 Å². The lowest BCUT2D eigenvalue weighted by Crippen LogP contribution is -2.05. The Morgan fingerprint density at radius 2 is 1.90 bits per heavy atom. The van der Waals surface area contributed by atoms with E-state index in [-0.39, 0.29) is 0 Å². The van der Waals surface area contributed by atoms with Crippen LogP contribution >= 0.6 is 0 Å². The predicted molar refractivity (Wildman–Crippen MR) is 80.0 cm³/mol. The van der Waals surface area contributed by atoms with Gasteiger partial charge in [-0.05, 0) is 29.8 Å². The smallest absolute Gasteiger partial charge is 0.363 e. The number of methoxy groups -OCH3 is 1. The molecule has 0 bridgehead atoms. The molecule has 104 valence electrons. The third kappa shape index (κ3) is 2.84. The molecule has 4 heteroatoms. The number of ether oxygens (including phenoxy) is 2. The van der Waals surface area contributed by atoms with Gasteiger partial charge in [-0.2, -0.15) is 0 Å². The zero-order chi connectivity index (χ0) is 14.7. The van der Waals surface area contributed by atoms with E-state index in [9.17, 15) is 4.79 Å². The highest BCUT2D eigenvalue weighted by Gasteiger charge is 2.24. The van der Waals surface area contributed by atoms with E-state index in [2.05, 4.69) is 4.99 Å². The maximum atomic E-state index is 11.9. The first-order valence-corrected chi connectivity index (χ1v) is 6.48. The lowest BCUT2D eigenvalue weighted by molar-refractivity contribution is -0.129. The Morgan fingerprint density at radius 1 is 1.10 bits per heavy atom. The Balaban J connectivity index is 1.93. The fourth-order valence-electron chi connectivity index (χ4n) is 2.00. The topological polar surface area (TPSA) is 47.9 Å². The zero-order valence-electron chi connectivity index (χ0n) is 11.4. The highest BCUT2D eigenvalue weighted by molar-refractivity contribution is 6.12. The molecule has 0 aliphatic carbocycles. The van der Waals surface area contributed by atoms with E-state index in [1.165, 1.54) is 0 Å². The molecule has 0 aromatic heterocycles. The van der Waals surface area contributed by atoms with Crippen molar-refractivity contribution in [3.63, 3.8) is 0 Å². The minimum absolute atomic E-state index is 0.291. The summed E-state index contributed by atoms with van der Waals surface area (Å²) < 4.78 is 10.4. The Bertz CT molecular complexity index is 733. The van der Waals surface area contributed by atoms with E-state index in [4.69, 9.17) is 9.47 Å². The molecule has 1 aliphatic heterocycles. The van der Waals surface area contributed by atoms with Gasteiger partial charge in [-0.1, -0.05) is 36.4 Å². The van der Waals surface area contributed by atoms with E-state index in [1.54, 1.807) is 19.3 Å². The summed E-state index contributed by atoms with van der Waals surface area (Å²) in [4.78, 5) is 16.1. The van der Waals surface area contributed by atoms with Gasteiger partial charge in [0, 0.05) is 5.56 Å². The number of hydrogen-bond donors (Lipinski definition) is 0. The van der Waals surface area contributed by atoms with Gasteiger partial charge in [0.05, 0.1) is 7.11 Å². The number of cyclic esters (lactones) is 1. The van der Waals surface area contributed by atoms with E-state index in [0.29, 0.717) is 22.9 Å². The maximum Gasteiger partial charge on any atom is 0.363 e. The van der Waals surface area contributed by atoms with E-state index < -0.39 is 5.97 Å². The van der Waals surface area contributed by atoms with Crippen LogP contribution in [0.4, 0.5) is 0 Å². The van der Waals surface area contributed by atoms with E-state index >= 15 is 0 Å². The van der Waals surface area contributed by atoms with Crippen LogP contribution in [0.25, 0.3) is 6.08 Å². The summed E-state index contributed by atoms with van der Waals surface area (Å²) in [5.41, 5.74) is 1.90. The molecule has 0 radical (unpaired) electrons. The average molecular weight is 279 g/mol. The molecule has 0 amide bonds. The number of aliphatic imine (C=N–C) groups is 1. The summed E-state index contributed by atoms with van der Waals surface area (Å²) in [6.07, 6.45) is 1.70. The van der Waals surface area contributed by atoms with Gasteiger partial charge in [0.25, 0.3) is 0 Å². The average Bonchev–Trinajstić information content (AvgIpc) is 2.89. The van der Waals surface area contributed by atoms with Crippen LogP contribution in [0.1, 0.15) is 11.1 Å². The lowest BCUT2D eigenvalue weighted by atomic mass is 10.2. The molecule has 3 rings (SSSR count). The van der Waals surface area contributed by atoms with Gasteiger partial charge in [-0.25, -0.2) is 9.79 Å². The molecule has 0 fully saturated rings. The number of carbonyl (C=O) groups is 1. The van der Waals surface area contributed by atoms with Gasteiger partial charge < -0.3 is 9.47 Å². The molecule has 0 saturated heterocycles. The minimum Gasteiger partial charge on any atom is -0.497 e. The van der Waals surface area contributed by atoms with E-state index in [0.717, 1.165) is 5.56 Å². The third-order valence-electron chi connectivity index (χ3n) is 3.04. The number of nitrogens with zero attached hydrogens (tertiary/aromatic N) is 1. The van der Waals surface area contributed by atoms with Crippen LogP contribution in [0.5, 0.6) is 5.75 Å². The highest BCUT2D eigenvalue weighted by atomic mass is 16.6. The molecule has 2 aromatic carbocycles. The Labute approximate surface area is 122 Å². The standard InChI is InChI=1S/C17H13NO3/c1-20-14-9-5-8-13(11-14)16-18-15(17(19)21-16)10-12-6-3-2-4-7-12/h2-11H,1H3/b15-10-. The summed E-state index contributed by atoms with van der Waals surface area (Å²) in [5, 5.41) is 0. The fourth-order valence-corrected chi connectivity index (χ4v) is 2.00. The Kier molecular flexibility index (Phi) is 3.51. The second kappa shape index (κ2) is 5.63. The minimum atomic E-state index is -0.448. The summed E-state index contributed by atoms with van der Waals surface area (Å²) in [5.74, 6) is 0.532. The van der Waals surface area contributed by atoms with Crippen LogP contribution in [-0.4, -0.2) is 19.0 Å². The second-order valence-electron chi connectivity index (χ2n) is 4.48. The van der Waals surface area contributed by atoms with Gasteiger partial charge in [0.1, 0.15) is 5.75 Å². The normalized spacial score (nSPS) is 15.8. The predicted octanol–water partition coefficient (Wildman–Crippen LogP) is 3.04. The van der Waals surface area contributed by atoms with Crippen LogP contribution in [0.2, 0.25) is 0 Å². The van der Waals surface area contributed by atoms with Gasteiger partial charge in [-0.3, -0.25) is 0 Å². The number of rotatable bonds is 3. The fraction of sp³-hybridized carbons (Fsp3) is 0.0588. The van der Waals surface area contributed by atoms with Gasteiger partial charge >= 0.3 is 5.97 Å². The lowest BCUT2D eigenvalue weighted by Gasteiger charge is -2.02. The van der Waals surface area contributed by atoms with Crippen molar-refractivity contribution in [2.45, 2.75) is 0 Å². The third-order valence-corrected chi connectivity index (χ3v) is 3.04. The zero-order valence-corrected chi connectivity index (χ0v) is 11.4. The molecule has 0 N–H and O–H groups in total. The van der Waals surface area contributed by atoms with Crippen molar-refractivity contribution in [3.8, 4) is 5.75 Å². The SMILES string of the molecule is COc1cccc(C2=N/C(=C\c3ccccc3)C(=O)O2)c1. The van der Waals surface area contributed by atoms with Crippen molar-refractivity contribution in [2.24, 2.45) is 4.99 Å². The van der Waals surface area contributed by atoms with Crippen molar-refractivity contribution in [1.82, 2.24) is 0 Å². The number of hydrogen-bond acceptors (Lipinski definition) is 4. The summed E-state index contributed by atoms with van der Waals surface area (Å²) in [6, 6.07) is 16.8. The first-order chi connectivity index (χ1) is 10.3. The molecule has 0 saturated carbocycles. The van der Waals surface area contributed by atoms with Gasteiger partial charge in [0.15, 0.2) is 5.70 Å². The number of carbonyl (C=O) groups excluding carboxylic acids is 1. The number of benzene rings is 2. The van der Waals surface area contributed by atoms with Crippen molar-refractivity contribution >= 4 is 17.9 Å². The largest absolute Gasteiger partial charge is 0.497 e. The van der Waals surface area contributed by atoms with Gasteiger partial charge in [0.2, 0.25) is 5.90 Å². The molecular weight excluding hydrogens is 266 g/mol. The summed E-state index contributed by atoms with van der Waals surface area (Å²) >= 11 is 0. The Hall–Kier alpha value is -2.88. The first kappa shape index (κ1) is 13.1. The molecule has 4 nitrogen and oxygen atoms in total. The van der Waals surface area contributed by atoms with Crippen LogP contribution < -0.4 is 4.74 Å². The van der Waals surface area contributed by atoms with Gasteiger partial charge in [-0.15, -0.1) is 0 Å². The molecule has 0 atom stereocenters. The van der Waals surface area contributed by atoms with Crippen LogP contribution in [0.15, 0.2) is 65.3 Å². The number of esters is 1. The molecular formula is C17H13NO3. The van der Waals surface area contributed by atoms with Crippen molar-refractivity contribution in [1.29, 1.82) is 0 Å². The monoisotopic (exact) mass is 279 g/mol. The van der Waals surface area contributed by atoms with Crippen LogP contribution in [0, 0.1) is 0 Å². The Morgan fingerprint density at radius 3 is 2.67 bits per heavy atom. The van der Waals surface area contributed by atoms with Crippen molar-refractivity contribution in [3.05, 3.63) is 71.4 Å². The maximum absolute atomic E-state index is 11.9. The summed E-state index contributed by atoms with van der Waals surface area (Å²) in [7, 11) is 1.59. The van der Waals surface area contributed by atoms with Crippen molar-refractivity contribution < 1.29 is 14.3 Å². The van der Waals surface area contributed by atoms with Crippen LogP contribution in [-0.2, 0) is 9.53 Å².